The van der Waals surface area contributed by atoms with Crippen LogP contribution in [0.2, 0.25) is 0 Å². The highest BCUT2D eigenvalue weighted by molar-refractivity contribution is 6.02. The number of ether oxygens (including phenoxy) is 1. The Labute approximate surface area is 153 Å². The Balaban J connectivity index is 1.61. The van der Waals surface area contributed by atoms with Crippen molar-refractivity contribution in [3.63, 3.8) is 0 Å². The van der Waals surface area contributed by atoms with Crippen LogP contribution in [0, 0.1) is 10.1 Å². The standard InChI is InChI=1S/C19H14N2O6/c22-18(17-6-3-11-26-17)20-15-9-7-13(8-10-15)19(23)27-12-14-4-1-2-5-16(14)21(24)25/h1-11H,12H2,(H,20,22). The van der Waals surface area contributed by atoms with Crippen molar-refractivity contribution in [2.45, 2.75) is 6.61 Å². The fourth-order valence-corrected chi connectivity index (χ4v) is 2.33. The molecule has 0 spiro atoms. The number of nitro benzene ring substituents is 1. The van der Waals surface area contributed by atoms with Gasteiger partial charge in [-0.05, 0) is 42.5 Å². The molecule has 0 aliphatic heterocycles. The van der Waals surface area contributed by atoms with Crippen LogP contribution in [0.4, 0.5) is 11.4 Å². The maximum atomic E-state index is 12.1. The van der Waals surface area contributed by atoms with Crippen molar-refractivity contribution in [3.05, 3.63) is 93.9 Å². The summed E-state index contributed by atoms with van der Waals surface area (Å²) in [5.74, 6) is -0.869. The Kier molecular flexibility index (Phi) is 5.27. The van der Waals surface area contributed by atoms with E-state index < -0.39 is 16.8 Å². The molecule has 0 aliphatic rings. The van der Waals surface area contributed by atoms with Crippen LogP contribution in [0.5, 0.6) is 0 Å². The minimum absolute atomic E-state index is 0.110. The van der Waals surface area contributed by atoms with Gasteiger partial charge < -0.3 is 14.5 Å². The number of nitrogens with one attached hydrogen (secondary N) is 1. The highest BCUT2D eigenvalue weighted by Gasteiger charge is 2.15. The predicted octanol–water partition coefficient (Wildman–Crippen LogP) is 3.80. The molecule has 0 saturated carbocycles. The van der Waals surface area contributed by atoms with Crippen LogP contribution in [0.3, 0.4) is 0 Å². The molecule has 2 aromatic carbocycles. The summed E-state index contributed by atoms with van der Waals surface area (Å²) in [6, 6.07) is 15.2. The van der Waals surface area contributed by atoms with Gasteiger partial charge in [-0.3, -0.25) is 14.9 Å². The first-order valence-electron chi connectivity index (χ1n) is 7.89. The molecule has 1 aromatic heterocycles. The normalized spacial score (nSPS) is 10.2. The summed E-state index contributed by atoms with van der Waals surface area (Å²) in [5.41, 5.74) is 0.927. The number of furan rings is 1. The lowest BCUT2D eigenvalue weighted by molar-refractivity contribution is -0.385. The number of carbonyl (C=O) groups is 2. The van der Waals surface area contributed by atoms with Crippen LogP contribution in [-0.4, -0.2) is 16.8 Å². The molecular formula is C19H14N2O6. The first kappa shape index (κ1) is 17.9. The molecule has 0 saturated heterocycles. The first-order chi connectivity index (χ1) is 13.0. The Morgan fingerprint density at radius 2 is 1.78 bits per heavy atom. The van der Waals surface area contributed by atoms with Crippen molar-refractivity contribution in [2.75, 3.05) is 5.32 Å². The van der Waals surface area contributed by atoms with Crippen LogP contribution in [0.15, 0.2) is 71.3 Å². The molecule has 3 aromatic rings. The highest BCUT2D eigenvalue weighted by atomic mass is 16.6. The number of benzene rings is 2. The van der Waals surface area contributed by atoms with Crippen LogP contribution >= 0.6 is 0 Å². The molecule has 1 heterocycles. The highest BCUT2D eigenvalue weighted by Crippen LogP contribution is 2.19. The van der Waals surface area contributed by atoms with E-state index in [1.54, 1.807) is 30.3 Å². The minimum atomic E-state index is -0.628. The number of rotatable bonds is 6. The molecule has 1 amide bonds. The number of esters is 1. The summed E-state index contributed by atoms with van der Waals surface area (Å²) in [4.78, 5) is 34.5. The van der Waals surface area contributed by atoms with E-state index in [2.05, 4.69) is 5.32 Å². The van der Waals surface area contributed by atoms with Crippen LogP contribution in [0.1, 0.15) is 26.5 Å². The van der Waals surface area contributed by atoms with E-state index in [9.17, 15) is 19.7 Å². The molecule has 0 bridgehead atoms. The van der Waals surface area contributed by atoms with Crippen molar-refractivity contribution >= 4 is 23.3 Å². The van der Waals surface area contributed by atoms with E-state index in [-0.39, 0.29) is 23.6 Å². The second-order valence-corrected chi connectivity index (χ2v) is 5.47. The Bertz CT molecular complexity index is 964. The van der Waals surface area contributed by atoms with Gasteiger partial charge in [-0.1, -0.05) is 12.1 Å². The zero-order chi connectivity index (χ0) is 19.2. The van der Waals surface area contributed by atoms with Gasteiger partial charge in [0.2, 0.25) is 0 Å². The van der Waals surface area contributed by atoms with Crippen molar-refractivity contribution in [1.29, 1.82) is 0 Å². The molecule has 0 fully saturated rings. The lowest BCUT2D eigenvalue weighted by atomic mass is 10.2. The van der Waals surface area contributed by atoms with Crippen molar-refractivity contribution in [3.8, 4) is 0 Å². The molecule has 1 N–H and O–H groups in total. The molecule has 136 valence electrons. The number of para-hydroxylation sites is 1. The smallest absolute Gasteiger partial charge is 0.338 e. The summed E-state index contributed by atoms with van der Waals surface area (Å²) in [6.45, 7) is -0.215. The molecule has 0 radical (unpaired) electrons. The third-order valence-corrected chi connectivity index (χ3v) is 3.67. The number of nitro groups is 1. The summed E-state index contributed by atoms with van der Waals surface area (Å²) in [7, 11) is 0. The van der Waals surface area contributed by atoms with Gasteiger partial charge in [0.25, 0.3) is 11.6 Å². The van der Waals surface area contributed by atoms with Crippen molar-refractivity contribution in [2.24, 2.45) is 0 Å². The Hall–Kier alpha value is -3.94. The number of carbonyl (C=O) groups excluding carboxylic acids is 2. The molecule has 0 aliphatic carbocycles. The van der Waals surface area contributed by atoms with Crippen LogP contribution < -0.4 is 5.32 Å². The SMILES string of the molecule is O=C(OCc1ccccc1[N+](=O)[O-])c1ccc(NC(=O)c2ccco2)cc1. The van der Waals surface area contributed by atoms with Crippen molar-refractivity contribution in [1.82, 2.24) is 0 Å². The largest absolute Gasteiger partial charge is 0.459 e. The average molecular weight is 366 g/mol. The minimum Gasteiger partial charge on any atom is -0.459 e. The zero-order valence-electron chi connectivity index (χ0n) is 14.0. The molecular weight excluding hydrogens is 352 g/mol. The van der Waals surface area contributed by atoms with Crippen LogP contribution in [0.25, 0.3) is 0 Å². The summed E-state index contributed by atoms with van der Waals surface area (Å²) in [6.07, 6.45) is 1.39. The predicted molar refractivity (Wildman–Crippen MR) is 95.3 cm³/mol. The van der Waals surface area contributed by atoms with Gasteiger partial charge >= 0.3 is 5.97 Å². The fourth-order valence-electron chi connectivity index (χ4n) is 2.33. The summed E-state index contributed by atoms with van der Waals surface area (Å²) in [5, 5.41) is 13.6. The number of hydrogen-bond acceptors (Lipinski definition) is 6. The summed E-state index contributed by atoms with van der Waals surface area (Å²) >= 11 is 0. The van der Waals surface area contributed by atoms with Crippen LogP contribution in [-0.2, 0) is 11.3 Å². The third kappa shape index (κ3) is 4.37. The van der Waals surface area contributed by atoms with Gasteiger partial charge in [-0.25, -0.2) is 4.79 Å². The molecule has 27 heavy (non-hydrogen) atoms. The lowest BCUT2D eigenvalue weighted by Gasteiger charge is -2.07. The van der Waals surface area contributed by atoms with Gasteiger partial charge in [0.05, 0.1) is 22.3 Å². The number of amides is 1. The van der Waals surface area contributed by atoms with E-state index in [0.29, 0.717) is 11.3 Å². The second kappa shape index (κ2) is 7.96. The van der Waals surface area contributed by atoms with Gasteiger partial charge in [-0.2, -0.15) is 0 Å². The monoisotopic (exact) mass is 366 g/mol. The van der Waals surface area contributed by atoms with Gasteiger partial charge in [0.15, 0.2) is 5.76 Å². The number of nitrogens with zero attached hydrogens (tertiary/aromatic N) is 1. The molecule has 0 unspecified atom stereocenters. The first-order valence-corrected chi connectivity index (χ1v) is 7.89. The van der Waals surface area contributed by atoms with Gasteiger partial charge in [0.1, 0.15) is 6.61 Å². The van der Waals surface area contributed by atoms with E-state index in [1.807, 2.05) is 0 Å². The van der Waals surface area contributed by atoms with E-state index >= 15 is 0 Å². The quantitative estimate of drug-likeness (QED) is 0.403. The zero-order valence-corrected chi connectivity index (χ0v) is 14.0. The maximum absolute atomic E-state index is 12.1. The molecule has 8 heteroatoms. The summed E-state index contributed by atoms with van der Waals surface area (Å²) < 4.78 is 10.1. The number of hydrogen-bond donors (Lipinski definition) is 1. The van der Waals surface area contributed by atoms with E-state index in [1.165, 1.54) is 36.6 Å². The maximum Gasteiger partial charge on any atom is 0.338 e. The third-order valence-electron chi connectivity index (χ3n) is 3.67. The average Bonchev–Trinajstić information content (AvgIpc) is 3.22. The van der Waals surface area contributed by atoms with Gasteiger partial charge in [-0.15, -0.1) is 0 Å². The molecule has 0 atom stereocenters. The number of anilines is 1. The second-order valence-electron chi connectivity index (χ2n) is 5.47. The fraction of sp³-hybridized carbons (Fsp3) is 0.0526. The van der Waals surface area contributed by atoms with E-state index in [4.69, 9.17) is 9.15 Å². The molecule has 3 rings (SSSR count). The Morgan fingerprint density at radius 3 is 2.44 bits per heavy atom. The lowest BCUT2D eigenvalue weighted by Crippen LogP contribution is -2.11. The Morgan fingerprint density at radius 1 is 1.04 bits per heavy atom. The van der Waals surface area contributed by atoms with Crippen molar-refractivity contribution < 1.29 is 23.7 Å². The van der Waals surface area contributed by atoms with E-state index in [0.717, 1.165) is 0 Å². The molecule has 8 nitrogen and oxygen atoms in total. The van der Waals surface area contributed by atoms with Gasteiger partial charge in [0, 0.05) is 11.8 Å². The topological polar surface area (TPSA) is 112 Å².